The maximum absolute atomic E-state index is 13.0. The highest BCUT2D eigenvalue weighted by atomic mass is 19.1. The van der Waals surface area contributed by atoms with Crippen LogP contribution in [0, 0.1) is 12.7 Å². The van der Waals surface area contributed by atoms with Crippen molar-refractivity contribution in [2.75, 3.05) is 0 Å². The number of halogens is 1. The van der Waals surface area contributed by atoms with E-state index >= 15 is 0 Å². The Morgan fingerprint density at radius 1 is 1.26 bits per heavy atom. The monoisotopic (exact) mass is 257 g/mol. The molecule has 19 heavy (non-hydrogen) atoms. The summed E-state index contributed by atoms with van der Waals surface area (Å²) in [6.07, 6.45) is 3.46. The van der Waals surface area contributed by atoms with Crippen LogP contribution in [-0.2, 0) is 6.42 Å². The summed E-state index contributed by atoms with van der Waals surface area (Å²) < 4.78 is 15.0. The number of hydrogen-bond acceptors (Lipinski definition) is 2. The molecular formula is C15H16FN3. The third kappa shape index (κ3) is 1.63. The van der Waals surface area contributed by atoms with Gasteiger partial charge in [-0.3, -0.25) is 0 Å². The van der Waals surface area contributed by atoms with Gasteiger partial charge in [0, 0.05) is 24.1 Å². The van der Waals surface area contributed by atoms with E-state index < -0.39 is 0 Å². The van der Waals surface area contributed by atoms with Gasteiger partial charge in [0.15, 0.2) is 0 Å². The molecular weight excluding hydrogens is 241 g/mol. The van der Waals surface area contributed by atoms with Crippen molar-refractivity contribution >= 4 is 0 Å². The van der Waals surface area contributed by atoms with E-state index in [1.807, 2.05) is 4.68 Å². The van der Waals surface area contributed by atoms with Crippen LogP contribution in [0.4, 0.5) is 4.39 Å². The number of aryl methyl sites for hydroxylation is 1. The van der Waals surface area contributed by atoms with Gasteiger partial charge in [0.1, 0.15) is 5.82 Å². The average molecular weight is 257 g/mol. The molecule has 0 spiro atoms. The molecule has 1 fully saturated rings. The Morgan fingerprint density at radius 3 is 2.84 bits per heavy atom. The Balaban J connectivity index is 1.86. The molecule has 2 bridgehead atoms. The van der Waals surface area contributed by atoms with Gasteiger partial charge < -0.3 is 5.32 Å². The van der Waals surface area contributed by atoms with Crippen molar-refractivity contribution in [3.63, 3.8) is 0 Å². The number of hydrogen-bond donors (Lipinski definition) is 1. The molecule has 2 aromatic rings. The largest absolute Gasteiger partial charge is 0.307 e. The Kier molecular flexibility index (Phi) is 2.30. The quantitative estimate of drug-likeness (QED) is 0.851. The third-order valence-electron chi connectivity index (χ3n) is 4.31. The minimum atomic E-state index is -0.205. The SMILES string of the molecule is Cc1nn(-c2ccc(F)cc2)c2c1[C@@H]1CC[C@@H](C2)N1. The van der Waals surface area contributed by atoms with E-state index in [2.05, 4.69) is 17.3 Å². The highest BCUT2D eigenvalue weighted by Gasteiger charge is 2.36. The predicted molar refractivity (Wildman–Crippen MR) is 70.9 cm³/mol. The number of fused-ring (bicyclic) bond motifs is 4. The van der Waals surface area contributed by atoms with Crippen molar-refractivity contribution in [1.82, 2.24) is 15.1 Å². The molecule has 2 aliphatic rings. The second kappa shape index (κ2) is 3.90. The minimum absolute atomic E-state index is 0.205. The van der Waals surface area contributed by atoms with E-state index in [1.54, 1.807) is 12.1 Å². The summed E-state index contributed by atoms with van der Waals surface area (Å²) in [5, 5.41) is 8.31. The second-order valence-corrected chi connectivity index (χ2v) is 5.53. The van der Waals surface area contributed by atoms with Crippen molar-refractivity contribution in [2.24, 2.45) is 0 Å². The number of benzene rings is 1. The van der Waals surface area contributed by atoms with E-state index in [1.165, 1.54) is 36.2 Å². The zero-order valence-corrected chi connectivity index (χ0v) is 10.9. The van der Waals surface area contributed by atoms with Gasteiger partial charge in [-0.05, 0) is 44.0 Å². The lowest BCUT2D eigenvalue weighted by Crippen LogP contribution is -2.32. The summed E-state index contributed by atoms with van der Waals surface area (Å²) in [6.45, 7) is 2.07. The first kappa shape index (κ1) is 11.2. The highest BCUT2D eigenvalue weighted by molar-refractivity contribution is 5.41. The van der Waals surface area contributed by atoms with E-state index in [0.29, 0.717) is 12.1 Å². The fraction of sp³-hybridized carbons (Fsp3) is 0.400. The first-order chi connectivity index (χ1) is 9.22. The number of aromatic nitrogens is 2. The molecule has 4 heteroatoms. The Morgan fingerprint density at radius 2 is 2.05 bits per heavy atom. The molecule has 1 aromatic carbocycles. The van der Waals surface area contributed by atoms with Gasteiger partial charge in [0.05, 0.1) is 17.1 Å². The molecule has 0 aliphatic carbocycles. The smallest absolute Gasteiger partial charge is 0.123 e. The molecule has 0 radical (unpaired) electrons. The van der Waals surface area contributed by atoms with Crippen LogP contribution in [0.1, 0.15) is 35.8 Å². The summed E-state index contributed by atoms with van der Waals surface area (Å²) in [5.74, 6) is -0.205. The van der Waals surface area contributed by atoms with Crippen LogP contribution in [0.2, 0.25) is 0 Å². The molecule has 2 atom stereocenters. The zero-order valence-electron chi connectivity index (χ0n) is 10.9. The number of nitrogens with one attached hydrogen (secondary N) is 1. The van der Waals surface area contributed by atoms with Crippen LogP contribution in [0.15, 0.2) is 24.3 Å². The Labute approximate surface area is 111 Å². The second-order valence-electron chi connectivity index (χ2n) is 5.53. The van der Waals surface area contributed by atoms with Crippen LogP contribution >= 0.6 is 0 Å². The molecule has 1 saturated heterocycles. The average Bonchev–Trinajstić information content (AvgIpc) is 2.93. The summed E-state index contributed by atoms with van der Waals surface area (Å²) in [5.41, 5.74) is 4.71. The van der Waals surface area contributed by atoms with Gasteiger partial charge in [-0.15, -0.1) is 0 Å². The molecule has 2 aliphatic heterocycles. The molecule has 98 valence electrons. The first-order valence-corrected chi connectivity index (χ1v) is 6.83. The Bertz CT molecular complexity index is 630. The van der Waals surface area contributed by atoms with Crippen molar-refractivity contribution in [2.45, 2.75) is 38.3 Å². The van der Waals surface area contributed by atoms with Gasteiger partial charge in [0.2, 0.25) is 0 Å². The van der Waals surface area contributed by atoms with Crippen molar-refractivity contribution < 1.29 is 4.39 Å². The summed E-state index contributed by atoms with van der Waals surface area (Å²) >= 11 is 0. The minimum Gasteiger partial charge on any atom is -0.307 e. The van der Waals surface area contributed by atoms with Crippen LogP contribution < -0.4 is 5.32 Å². The predicted octanol–water partition coefficient (Wildman–Crippen LogP) is 2.67. The zero-order chi connectivity index (χ0) is 13.0. The maximum Gasteiger partial charge on any atom is 0.123 e. The fourth-order valence-electron chi connectivity index (χ4n) is 3.47. The van der Waals surface area contributed by atoms with Gasteiger partial charge in [-0.25, -0.2) is 9.07 Å². The lowest BCUT2D eigenvalue weighted by atomic mass is 10.00. The topological polar surface area (TPSA) is 29.9 Å². The highest BCUT2D eigenvalue weighted by Crippen LogP contribution is 2.38. The summed E-state index contributed by atoms with van der Waals surface area (Å²) in [4.78, 5) is 0. The van der Waals surface area contributed by atoms with Crippen LogP contribution in [-0.4, -0.2) is 15.8 Å². The van der Waals surface area contributed by atoms with E-state index in [0.717, 1.165) is 17.8 Å². The molecule has 3 nitrogen and oxygen atoms in total. The fourth-order valence-corrected chi connectivity index (χ4v) is 3.47. The van der Waals surface area contributed by atoms with Gasteiger partial charge >= 0.3 is 0 Å². The molecule has 4 rings (SSSR count). The lowest BCUT2D eigenvalue weighted by Gasteiger charge is -2.23. The third-order valence-corrected chi connectivity index (χ3v) is 4.31. The van der Waals surface area contributed by atoms with Crippen LogP contribution in [0.5, 0.6) is 0 Å². The van der Waals surface area contributed by atoms with Crippen molar-refractivity contribution in [3.8, 4) is 5.69 Å². The van der Waals surface area contributed by atoms with E-state index in [-0.39, 0.29) is 5.82 Å². The normalized spacial score (nSPS) is 24.5. The number of rotatable bonds is 1. The van der Waals surface area contributed by atoms with Crippen molar-refractivity contribution in [3.05, 3.63) is 47.0 Å². The van der Waals surface area contributed by atoms with Gasteiger partial charge in [-0.2, -0.15) is 5.10 Å². The lowest BCUT2D eigenvalue weighted by molar-refractivity contribution is 0.503. The molecule has 1 N–H and O–H groups in total. The maximum atomic E-state index is 13.0. The van der Waals surface area contributed by atoms with E-state index in [9.17, 15) is 4.39 Å². The molecule has 0 amide bonds. The van der Waals surface area contributed by atoms with Crippen LogP contribution in [0.3, 0.4) is 0 Å². The molecule has 3 heterocycles. The molecule has 0 saturated carbocycles. The molecule has 1 aromatic heterocycles. The number of nitrogens with zero attached hydrogens (tertiary/aromatic N) is 2. The van der Waals surface area contributed by atoms with Crippen molar-refractivity contribution in [1.29, 1.82) is 0 Å². The summed E-state index contributed by atoms with van der Waals surface area (Å²) in [7, 11) is 0. The molecule has 0 unspecified atom stereocenters. The Hall–Kier alpha value is -1.68. The van der Waals surface area contributed by atoms with E-state index in [4.69, 9.17) is 0 Å². The first-order valence-electron chi connectivity index (χ1n) is 6.83. The standard InChI is InChI=1S/C15H16FN3/c1-9-15-13-7-4-11(17-13)8-14(15)19(18-9)12-5-2-10(16)3-6-12/h2-3,5-6,11,13,17H,4,7-8H2,1H3/t11-,13-/m0/s1. The van der Waals surface area contributed by atoms with Gasteiger partial charge in [0.25, 0.3) is 0 Å². The van der Waals surface area contributed by atoms with Crippen LogP contribution in [0.25, 0.3) is 5.69 Å². The van der Waals surface area contributed by atoms with Gasteiger partial charge in [-0.1, -0.05) is 0 Å². The summed E-state index contributed by atoms with van der Waals surface area (Å²) in [6, 6.07) is 7.62.